The van der Waals surface area contributed by atoms with Gasteiger partial charge in [-0.1, -0.05) is 75.4 Å². The summed E-state index contributed by atoms with van der Waals surface area (Å²) in [6.45, 7) is 7.33. The topological polar surface area (TPSA) is 55.4 Å². The van der Waals surface area contributed by atoms with Crippen LogP contribution in [0.15, 0.2) is 91.0 Å². The Bertz CT molecular complexity index is 966. The molecule has 166 valence electrons. The number of hydrogen-bond donors (Lipinski definition) is 1. The van der Waals surface area contributed by atoms with E-state index >= 15 is 0 Å². The quantitative estimate of drug-likeness (QED) is 0.458. The van der Waals surface area contributed by atoms with Crippen molar-refractivity contribution in [2.45, 2.75) is 33.0 Å². The first kappa shape index (κ1) is 23.7. The summed E-state index contributed by atoms with van der Waals surface area (Å²) >= 11 is 0. The summed E-state index contributed by atoms with van der Waals surface area (Å²) in [6, 6.07) is 29.9. The van der Waals surface area contributed by atoms with E-state index in [0.29, 0.717) is 0 Å². The molecule has 3 aromatic carbocycles. The zero-order chi connectivity index (χ0) is 23.4. The molecule has 0 heterocycles. The Hall–Kier alpha value is -2.97. The second-order valence-electron chi connectivity index (χ2n) is 8.95. The van der Waals surface area contributed by atoms with E-state index in [2.05, 4.69) is 5.32 Å². The molecule has 32 heavy (non-hydrogen) atoms. The van der Waals surface area contributed by atoms with Gasteiger partial charge in [0, 0.05) is 12.3 Å². The first-order chi connectivity index (χ1) is 15.2. The first-order valence-electron chi connectivity index (χ1n) is 10.6. The first-order valence-corrected chi connectivity index (χ1v) is 12.4. The van der Waals surface area contributed by atoms with Crippen LogP contribution in [0.5, 0.6) is 0 Å². The molecule has 0 radical (unpaired) electrons. The maximum Gasteiger partial charge on any atom is 0.372 e. The van der Waals surface area contributed by atoms with Gasteiger partial charge >= 0.3 is 5.97 Å². The Morgan fingerprint density at radius 2 is 1.03 bits per heavy atom. The highest BCUT2D eigenvalue weighted by Gasteiger charge is 2.66. The second-order valence-corrected chi connectivity index (χ2v) is 12.7. The van der Waals surface area contributed by atoms with Gasteiger partial charge in [-0.2, -0.15) is 0 Å². The lowest BCUT2D eigenvalue weighted by Crippen LogP contribution is -2.62. The minimum Gasteiger partial charge on any atom is -0.464 e. The Balaban J connectivity index is 2.48. The number of carbonyl (C=O) groups is 2. The molecule has 0 aliphatic heterocycles. The molecule has 0 saturated heterocycles. The van der Waals surface area contributed by atoms with Crippen LogP contribution in [0.3, 0.4) is 0 Å². The van der Waals surface area contributed by atoms with E-state index in [9.17, 15) is 9.59 Å². The fourth-order valence-electron chi connectivity index (χ4n) is 4.06. The highest BCUT2D eigenvalue weighted by Crippen LogP contribution is 2.65. The maximum absolute atomic E-state index is 13.7. The summed E-state index contributed by atoms with van der Waals surface area (Å²) in [4.78, 5) is 27.0. The highest BCUT2D eigenvalue weighted by atomic mass is 31.2. The summed E-state index contributed by atoms with van der Waals surface area (Å²) in [6.07, 6.45) is 0. The molecule has 4 nitrogen and oxygen atoms in total. The van der Waals surface area contributed by atoms with Crippen molar-refractivity contribution < 1.29 is 14.3 Å². The van der Waals surface area contributed by atoms with Crippen LogP contribution in [0, 0.1) is 5.41 Å². The molecule has 0 aliphatic carbocycles. The van der Waals surface area contributed by atoms with Gasteiger partial charge in [0.1, 0.15) is 23.2 Å². The van der Waals surface area contributed by atoms with Crippen LogP contribution in [-0.2, 0) is 14.3 Å². The van der Waals surface area contributed by atoms with E-state index < -0.39 is 23.9 Å². The van der Waals surface area contributed by atoms with Gasteiger partial charge in [0.2, 0.25) is 5.91 Å². The van der Waals surface area contributed by atoms with Crippen LogP contribution in [0.2, 0.25) is 0 Å². The van der Waals surface area contributed by atoms with Gasteiger partial charge in [-0.05, 0) is 36.4 Å². The number of carbonyl (C=O) groups excluding carboxylic acids is 2. The lowest BCUT2D eigenvalue weighted by atomic mass is 9.95. The average molecular weight is 449 g/mol. The van der Waals surface area contributed by atoms with Crippen LogP contribution >= 0.6 is 7.26 Å². The Labute approximate surface area is 191 Å². The number of ether oxygens (including phenoxy) is 1. The molecule has 0 spiro atoms. The van der Waals surface area contributed by atoms with E-state index in [1.807, 2.05) is 119 Å². The van der Waals surface area contributed by atoms with Gasteiger partial charge in [0.15, 0.2) is 0 Å². The molecule has 1 amide bonds. The van der Waals surface area contributed by atoms with Gasteiger partial charge in [-0.15, -0.1) is 0 Å². The number of methoxy groups -OCH3 is 1. The molecule has 3 rings (SSSR count). The lowest BCUT2D eigenvalue weighted by Gasteiger charge is -2.41. The van der Waals surface area contributed by atoms with E-state index in [4.69, 9.17) is 4.74 Å². The van der Waals surface area contributed by atoms with E-state index in [0.717, 1.165) is 15.9 Å². The normalized spacial score (nSPS) is 13.7. The number of rotatable bonds is 6. The minimum absolute atomic E-state index is 0.211. The standard InChI is InChI=1S/C27H30NO3P/c1-26(2,3)24(29)28-27(4,25(30)31-5)32(21-15-9-6-10-16-21,22-17-11-7-12-18-22)23-19-13-8-14-20-23/h6-20H,1-5H3/p+1. The van der Waals surface area contributed by atoms with Crippen LogP contribution < -0.4 is 21.2 Å². The predicted octanol–water partition coefficient (Wildman–Crippen LogP) is 4.03. The molecular formula is C27H31NO3P+. The fraction of sp³-hybridized carbons (Fsp3) is 0.259. The van der Waals surface area contributed by atoms with Gasteiger partial charge in [-0.25, -0.2) is 4.79 Å². The number of esters is 1. The predicted molar refractivity (Wildman–Crippen MR) is 133 cm³/mol. The van der Waals surface area contributed by atoms with Crippen LogP contribution in [0.25, 0.3) is 0 Å². The van der Waals surface area contributed by atoms with Crippen molar-refractivity contribution in [3.63, 3.8) is 0 Å². The molecule has 0 bridgehead atoms. The van der Waals surface area contributed by atoms with E-state index in [1.165, 1.54) is 7.11 Å². The largest absolute Gasteiger partial charge is 0.464 e. The van der Waals surface area contributed by atoms with Crippen molar-refractivity contribution in [1.82, 2.24) is 5.32 Å². The van der Waals surface area contributed by atoms with Crippen LogP contribution in [0.1, 0.15) is 27.7 Å². The van der Waals surface area contributed by atoms with Crippen molar-refractivity contribution >= 4 is 35.1 Å². The summed E-state index contributed by atoms with van der Waals surface area (Å²) in [5, 5.41) is 4.78. The lowest BCUT2D eigenvalue weighted by molar-refractivity contribution is -0.147. The zero-order valence-corrected chi connectivity index (χ0v) is 20.2. The Morgan fingerprint density at radius 3 is 1.31 bits per heavy atom. The monoisotopic (exact) mass is 448 g/mol. The molecule has 0 fully saturated rings. The number of amides is 1. The Kier molecular flexibility index (Phi) is 6.85. The molecule has 3 aromatic rings. The summed E-state index contributed by atoms with van der Waals surface area (Å²) in [5.74, 6) is -0.683. The van der Waals surface area contributed by atoms with Gasteiger partial charge in [0.25, 0.3) is 5.28 Å². The number of benzene rings is 3. The third kappa shape index (κ3) is 4.08. The van der Waals surface area contributed by atoms with Crippen molar-refractivity contribution in [3.8, 4) is 0 Å². The molecule has 5 heteroatoms. The molecule has 1 N–H and O–H groups in total. The average Bonchev–Trinajstić information content (AvgIpc) is 2.80. The third-order valence-electron chi connectivity index (χ3n) is 5.72. The molecule has 1 atom stereocenters. The smallest absolute Gasteiger partial charge is 0.372 e. The maximum atomic E-state index is 13.7. The SMILES string of the molecule is COC(=O)C(C)(NC(=O)C(C)(C)C)[P+](c1ccccc1)(c1ccccc1)c1ccccc1. The summed E-state index contributed by atoms with van der Waals surface area (Å²) < 4.78 is 5.37. The number of nitrogens with one attached hydrogen (secondary N) is 1. The van der Waals surface area contributed by atoms with Crippen molar-refractivity contribution in [3.05, 3.63) is 91.0 Å². The number of hydrogen-bond acceptors (Lipinski definition) is 3. The van der Waals surface area contributed by atoms with Gasteiger partial charge < -0.3 is 10.1 Å². The summed E-state index contributed by atoms with van der Waals surface area (Å²) in [7, 11) is -1.40. The molecular weight excluding hydrogens is 417 g/mol. The van der Waals surface area contributed by atoms with Crippen molar-refractivity contribution in [2.24, 2.45) is 5.41 Å². The van der Waals surface area contributed by atoms with Gasteiger partial charge in [0.05, 0.1) is 7.11 Å². The Morgan fingerprint density at radius 1 is 0.688 bits per heavy atom. The highest BCUT2D eigenvalue weighted by molar-refractivity contribution is 7.97. The van der Waals surface area contributed by atoms with Gasteiger partial charge in [-0.3, -0.25) is 4.79 Å². The fourth-order valence-corrected chi connectivity index (χ4v) is 8.99. The summed E-state index contributed by atoms with van der Waals surface area (Å²) in [5.41, 5.74) is -0.686. The van der Waals surface area contributed by atoms with Crippen molar-refractivity contribution in [1.29, 1.82) is 0 Å². The minimum atomic E-state index is -2.78. The molecule has 0 aliphatic rings. The molecule has 0 aromatic heterocycles. The van der Waals surface area contributed by atoms with Crippen molar-refractivity contribution in [2.75, 3.05) is 7.11 Å². The van der Waals surface area contributed by atoms with E-state index in [1.54, 1.807) is 0 Å². The van der Waals surface area contributed by atoms with Crippen LogP contribution in [-0.4, -0.2) is 24.3 Å². The van der Waals surface area contributed by atoms with Crippen LogP contribution in [0.4, 0.5) is 0 Å². The van der Waals surface area contributed by atoms with E-state index in [-0.39, 0.29) is 5.91 Å². The molecule has 0 saturated carbocycles. The third-order valence-corrected chi connectivity index (χ3v) is 10.6. The zero-order valence-electron chi connectivity index (χ0n) is 19.3. The molecule has 1 unspecified atom stereocenters. The second kappa shape index (κ2) is 9.26.